The molecule has 6 nitrogen and oxygen atoms in total. The number of allylic oxidation sites excluding steroid dienone is 12. The van der Waals surface area contributed by atoms with Crippen LogP contribution in [0.4, 0.5) is 0 Å². The lowest BCUT2D eigenvalue weighted by atomic mass is 10.1. The Morgan fingerprint density at radius 3 is 0.969 bits per heavy atom. The Morgan fingerprint density at radius 1 is 0.328 bits per heavy atom. The summed E-state index contributed by atoms with van der Waals surface area (Å²) in [7, 11) is 0. The van der Waals surface area contributed by atoms with Crippen LogP contribution < -0.4 is 0 Å². The molecule has 0 aliphatic rings. The summed E-state index contributed by atoms with van der Waals surface area (Å²) in [6.45, 7) is 6.48. The van der Waals surface area contributed by atoms with Gasteiger partial charge in [-0.1, -0.05) is 222 Å². The second kappa shape index (κ2) is 52.5. The zero-order chi connectivity index (χ0) is 46.5. The first-order valence-electron chi connectivity index (χ1n) is 26.9. The molecule has 0 bridgehead atoms. The van der Waals surface area contributed by atoms with Gasteiger partial charge in [-0.15, -0.1) is 0 Å². The molecule has 0 spiro atoms. The van der Waals surface area contributed by atoms with E-state index >= 15 is 0 Å². The van der Waals surface area contributed by atoms with Crippen molar-refractivity contribution in [3.05, 3.63) is 72.9 Å². The minimum atomic E-state index is -0.783. The minimum absolute atomic E-state index is 0.0823. The Kier molecular flexibility index (Phi) is 49.9. The Hall–Kier alpha value is -3.15. The molecular weight excluding hydrogens is 793 g/mol. The first-order chi connectivity index (χ1) is 31.5. The van der Waals surface area contributed by atoms with E-state index in [1.807, 2.05) is 0 Å². The van der Waals surface area contributed by atoms with Crippen molar-refractivity contribution in [3.8, 4) is 0 Å². The van der Waals surface area contributed by atoms with Crippen LogP contribution in [0, 0.1) is 0 Å². The Bertz CT molecular complexity index is 1210. The van der Waals surface area contributed by atoms with Crippen molar-refractivity contribution in [1.29, 1.82) is 0 Å². The van der Waals surface area contributed by atoms with Crippen molar-refractivity contribution < 1.29 is 28.6 Å². The number of carbonyl (C=O) groups excluding carboxylic acids is 3. The summed E-state index contributed by atoms with van der Waals surface area (Å²) in [4.78, 5) is 38.0. The second-order valence-corrected chi connectivity index (χ2v) is 17.8. The van der Waals surface area contributed by atoms with Gasteiger partial charge in [-0.05, 0) is 89.9 Å². The number of rotatable bonds is 48. The third-order valence-corrected chi connectivity index (χ3v) is 11.4. The molecule has 1 unspecified atom stereocenters. The minimum Gasteiger partial charge on any atom is -0.462 e. The molecule has 0 aliphatic heterocycles. The number of ether oxygens (including phenoxy) is 3. The van der Waals surface area contributed by atoms with Gasteiger partial charge < -0.3 is 14.2 Å². The lowest BCUT2D eigenvalue weighted by molar-refractivity contribution is -0.167. The van der Waals surface area contributed by atoms with Gasteiger partial charge in [0.2, 0.25) is 0 Å². The SMILES string of the molecule is CC/C=C\C/C=C\C/C=C\C/C=C\CCCCCCCCCCC(=O)OCC(COC(=O)CCCCCCCCCCC)OC(=O)CCCCCCC/C=C\C/C=C\CCCCCC. The molecule has 0 saturated heterocycles. The van der Waals surface area contributed by atoms with Gasteiger partial charge in [-0.3, -0.25) is 14.4 Å². The smallest absolute Gasteiger partial charge is 0.306 e. The average Bonchev–Trinajstić information content (AvgIpc) is 3.29. The molecule has 0 saturated carbocycles. The van der Waals surface area contributed by atoms with Gasteiger partial charge in [0.05, 0.1) is 0 Å². The average molecular weight is 893 g/mol. The largest absolute Gasteiger partial charge is 0.462 e. The van der Waals surface area contributed by atoms with Crippen molar-refractivity contribution in [1.82, 2.24) is 0 Å². The van der Waals surface area contributed by atoms with E-state index in [0.29, 0.717) is 19.3 Å². The molecule has 0 radical (unpaired) electrons. The third kappa shape index (κ3) is 49.9. The summed E-state index contributed by atoms with van der Waals surface area (Å²) in [5, 5.41) is 0. The zero-order valence-corrected chi connectivity index (χ0v) is 42.0. The van der Waals surface area contributed by atoms with Crippen LogP contribution >= 0.6 is 0 Å². The van der Waals surface area contributed by atoms with Crippen molar-refractivity contribution >= 4 is 17.9 Å². The lowest BCUT2D eigenvalue weighted by Crippen LogP contribution is -2.30. The maximum absolute atomic E-state index is 12.8. The standard InChI is InChI=1S/C58H100O6/c1-4-7-10-13-16-19-21-23-25-27-28-29-30-31-33-34-36-39-42-45-48-51-57(60)63-54-55(53-62-56(59)50-47-44-41-38-18-15-12-9-6-3)64-58(61)52-49-46-43-40-37-35-32-26-24-22-20-17-14-11-8-5-2/h7,10,16,19-20,22-23,25-26,28-29,32,55H,4-6,8-9,11-15,17-18,21,24,27,30-31,33-54H2,1-3H3/b10-7-,19-16-,22-20-,25-23-,29-28-,32-26-. The number of carbonyl (C=O) groups is 3. The van der Waals surface area contributed by atoms with Crippen LogP contribution in [0.5, 0.6) is 0 Å². The van der Waals surface area contributed by atoms with Gasteiger partial charge >= 0.3 is 17.9 Å². The van der Waals surface area contributed by atoms with Gasteiger partial charge in [-0.2, -0.15) is 0 Å². The van der Waals surface area contributed by atoms with E-state index in [1.54, 1.807) is 0 Å². The fourth-order valence-corrected chi connectivity index (χ4v) is 7.40. The van der Waals surface area contributed by atoms with E-state index < -0.39 is 6.10 Å². The lowest BCUT2D eigenvalue weighted by Gasteiger charge is -2.18. The topological polar surface area (TPSA) is 78.9 Å². The van der Waals surface area contributed by atoms with Crippen LogP contribution in [-0.4, -0.2) is 37.2 Å². The Balaban J connectivity index is 4.32. The van der Waals surface area contributed by atoms with E-state index in [1.165, 1.54) is 103 Å². The summed E-state index contributed by atoms with van der Waals surface area (Å²) in [5.41, 5.74) is 0. The van der Waals surface area contributed by atoms with Crippen LogP contribution in [0.15, 0.2) is 72.9 Å². The van der Waals surface area contributed by atoms with Crippen molar-refractivity contribution in [2.45, 2.75) is 264 Å². The monoisotopic (exact) mass is 893 g/mol. The van der Waals surface area contributed by atoms with Crippen molar-refractivity contribution in [2.75, 3.05) is 13.2 Å². The summed E-state index contributed by atoms with van der Waals surface area (Å²) in [5.74, 6) is -0.903. The summed E-state index contributed by atoms with van der Waals surface area (Å²) in [6, 6.07) is 0. The van der Waals surface area contributed by atoms with Gasteiger partial charge in [0.1, 0.15) is 13.2 Å². The van der Waals surface area contributed by atoms with Crippen LogP contribution in [0.1, 0.15) is 258 Å². The quantitative estimate of drug-likeness (QED) is 0.0262. The molecule has 368 valence electrons. The highest BCUT2D eigenvalue weighted by molar-refractivity contribution is 5.71. The third-order valence-electron chi connectivity index (χ3n) is 11.4. The molecule has 0 aromatic rings. The summed E-state index contributed by atoms with van der Waals surface area (Å²) in [6.07, 6.45) is 66.0. The number of unbranched alkanes of at least 4 members (excludes halogenated alkanes) is 25. The maximum Gasteiger partial charge on any atom is 0.306 e. The summed E-state index contributed by atoms with van der Waals surface area (Å²) < 4.78 is 16.8. The fourth-order valence-electron chi connectivity index (χ4n) is 7.40. The molecule has 6 heteroatoms. The van der Waals surface area contributed by atoms with E-state index in [2.05, 4.69) is 93.7 Å². The normalized spacial score (nSPS) is 12.6. The molecular formula is C58H100O6. The predicted octanol–water partition coefficient (Wildman–Crippen LogP) is 17.8. The molecule has 0 rings (SSSR count). The highest BCUT2D eigenvalue weighted by Gasteiger charge is 2.19. The molecule has 0 heterocycles. The highest BCUT2D eigenvalue weighted by atomic mass is 16.6. The highest BCUT2D eigenvalue weighted by Crippen LogP contribution is 2.14. The fraction of sp³-hybridized carbons (Fsp3) is 0.741. The molecule has 0 aliphatic carbocycles. The number of hydrogen-bond acceptors (Lipinski definition) is 6. The Labute approximate surface area is 395 Å². The number of esters is 3. The second-order valence-electron chi connectivity index (χ2n) is 17.8. The molecule has 0 aromatic heterocycles. The van der Waals surface area contributed by atoms with Crippen molar-refractivity contribution in [3.63, 3.8) is 0 Å². The summed E-state index contributed by atoms with van der Waals surface area (Å²) >= 11 is 0. The first-order valence-corrected chi connectivity index (χ1v) is 26.9. The van der Waals surface area contributed by atoms with E-state index in [4.69, 9.17) is 14.2 Å². The zero-order valence-electron chi connectivity index (χ0n) is 42.0. The van der Waals surface area contributed by atoms with Crippen LogP contribution in [0.25, 0.3) is 0 Å². The van der Waals surface area contributed by atoms with Gasteiger partial charge in [0, 0.05) is 19.3 Å². The molecule has 0 amide bonds. The predicted molar refractivity (Wildman–Crippen MR) is 274 cm³/mol. The van der Waals surface area contributed by atoms with Gasteiger partial charge in [0.25, 0.3) is 0 Å². The molecule has 0 aromatic carbocycles. The van der Waals surface area contributed by atoms with E-state index in [-0.39, 0.29) is 31.1 Å². The van der Waals surface area contributed by atoms with E-state index in [9.17, 15) is 14.4 Å². The maximum atomic E-state index is 12.8. The molecule has 64 heavy (non-hydrogen) atoms. The Morgan fingerprint density at radius 2 is 0.609 bits per heavy atom. The van der Waals surface area contributed by atoms with Crippen molar-refractivity contribution in [2.24, 2.45) is 0 Å². The molecule has 0 fully saturated rings. The first kappa shape index (κ1) is 60.9. The molecule has 1 atom stereocenters. The molecule has 0 N–H and O–H groups in total. The van der Waals surface area contributed by atoms with Gasteiger partial charge in [0.15, 0.2) is 6.10 Å². The van der Waals surface area contributed by atoms with Crippen LogP contribution in [-0.2, 0) is 28.6 Å². The van der Waals surface area contributed by atoms with Gasteiger partial charge in [-0.25, -0.2) is 0 Å². The van der Waals surface area contributed by atoms with Crippen LogP contribution in [0.3, 0.4) is 0 Å². The van der Waals surface area contributed by atoms with E-state index in [0.717, 1.165) is 116 Å². The van der Waals surface area contributed by atoms with Crippen LogP contribution in [0.2, 0.25) is 0 Å². The number of hydrogen-bond donors (Lipinski definition) is 0.